The molecule has 1 aliphatic carbocycles. The average molecular weight is 213 g/mol. The van der Waals surface area contributed by atoms with E-state index in [1.54, 1.807) is 0 Å². The van der Waals surface area contributed by atoms with Crippen LogP contribution in [-0.4, -0.2) is 36.3 Å². The molecule has 0 aromatic rings. The van der Waals surface area contributed by atoms with Gasteiger partial charge < -0.3 is 10.1 Å². The molecule has 2 unspecified atom stereocenters. The van der Waals surface area contributed by atoms with Gasteiger partial charge in [0.1, 0.15) is 0 Å². The molecule has 0 bridgehead atoms. The van der Waals surface area contributed by atoms with Gasteiger partial charge in [-0.1, -0.05) is 12.8 Å². The zero-order valence-electron chi connectivity index (χ0n) is 8.63. The van der Waals surface area contributed by atoms with E-state index in [0.29, 0.717) is 6.04 Å². The Bertz CT molecular complexity index is 211. The molecule has 0 amide bonds. The standard InChI is InChI=1S/C11H19NOS/c1-2-9(1)7-10-11(3-6-14-8-11)13-5-4-12-10/h9-10,12H,1-8H2. The van der Waals surface area contributed by atoms with E-state index in [9.17, 15) is 0 Å². The average Bonchev–Trinajstić information content (AvgIpc) is 2.90. The fourth-order valence-corrected chi connectivity index (χ4v) is 4.12. The normalized spacial score (nSPS) is 43.3. The van der Waals surface area contributed by atoms with Crippen molar-refractivity contribution in [3.05, 3.63) is 0 Å². The van der Waals surface area contributed by atoms with Crippen LogP contribution in [0.3, 0.4) is 0 Å². The number of nitrogens with one attached hydrogen (secondary N) is 1. The number of hydrogen-bond donors (Lipinski definition) is 1. The summed E-state index contributed by atoms with van der Waals surface area (Å²) in [5.74, 6) is 3.52. The summed E-state index contributed by atoms with van der Waals surface area (Å²) in [7, 11) is 0. The van der Waals surface area contributed by atoms with E-state index >= 15 is 0 Å². The summed E-state index contributed by atoms with van der Waals surface area (Å²) >= 11 is 2.07. The fraction of sp³-hybridized carbons (Fsp3) is 1.00. The molecule has 0 aromatic carbocycles. The van der Waals surface area contributed by atoms with Crippen LogP contribution in [0.1, 0.15) is 25.7 Å². The Hall–Kier alpha value is 0.270. The lowest BCUT2D eigenvalue weighted by molar-refractivity contribution is -0.0812. The van der Waals surface area contributed by atoms with E-state index in [2.05, 4.69) is 17.1 Å². The van der Waals surface area contributed by atoms with Gasteiger partial charge >= 0.3 is 0 Å². The highest BCUT2D eigenvalue weighted by Gasteiger charge is 2.46. The predicted octanol–water partition coefficient (Wildman–Crippen LogP) is 1.65. The minimum Gasteiger partial charge on any atom is -0.371 e. The third kappa shape index (κ3) is 1.70. The minimum absolute atomic E-state index is 0.214. The van der Waals surface area contributed by atoms with E-state index in [1.165, 1.54) is 37.2 Å². The minimum atomic E-state index is 0.214. The van der Waals surface area contributed by atoms with Gasteiger partial charge in [0.05, 0.1) is 12.2 Å². The zero-order chi connectivity index (χ0) is 9.43. The molecule has 3 fully saturated rings. The first-order valence-electron chi connectivity index (χ1n) is 5.84. The molecule has 2 nitrogen and oxygen atoms in total. The van der Waals surface area contributed by atoms with Crippen LogP contribution < -0.4 is 5.32 Å². The lowest BCUT2D eigenvalue weighted by Gasteiger charge is -2.41. The van der Waals surface area contributed by atoms with Gasteiger partial charge in [-0.3, -0.25) is 0 Å². The Morgan fingerprint density at radius 3 is 3.07 bits per heavy atom. The predicted molar refractivity (Wildman–Crippen MR) is 59.8 cm³/mol. The van der Waals surface area contributed by atoms with Crippen molar-refractivity contribution in [1.29, 1.82) is 0 Å². The summed E-state index contributed by atoms with van der Waals surface area (Å²) in [6.45, 7) is 1.98. The molecule has 0 radical (unpaired) electrons. The molecule has 1 spiro atoms. The molecule has 2 aliphatic heterocycles. The van der Waals surface area contributed by atoms with Gasteiger partial charge in [-0.25, -0.2) is 0 Å². The van der Waals surface area contributed by atoms with Crippen LogP contribution in [0, 0.1) is 5.92 Å². The molecule has 2 heterocycles. The van der Waals surface area contributed by atoms with Gasteiger partial charge in [0.15, 0.2) is 0 Å². The Morgan fingerprint density at radius 2 is 2.36 bits per heavy atom. The van der Waals surface area contributed by atoms with Gasteiger partial charge in [-0.15, -0.1) is 0 Å². The van der Waals surface area contributed by atoms with E-state index < -0.39 is 0 Å². The topological polar surface area (TPSA) is 21.3 Å². The van der Waals surface area contributed by atoms with Crippen LogP contribution in [0.2, 0.25) is 0 Å². The molecule has 80 valence electrons. The molecular weight excluding hydrogens is 194 g/mol. The molecule has 2 saturated heterocycles. The second-order valence-corrected chi connectivity index (χ2v) is 6.01. The fourth-order valence-electron chi connectivity index (χ4n) is 2.71. The SMILES string of the molecule is C1COC2(CCSC2)C(CC2CC2)N1. The van der Waals surface area contributed by atoms with Crippen molar-refractivity contribution >= 4 is 11.8 Å². The van der Waals surface area contributed by atoms with Gasteiger partial charge in [0, 0.05) is 18.3 Å². The Labute approximate surface area is 90.2 Å². The zero-order valence-corrected chi connectivity index (χ0v) is 9.44. The largest absolute Gasteiger partial charge is 0.371 e. The van der Waals surface area contributed by atoms with Crippen LogP contribution in [0.25, 0.3) is 0 Å². The molecule has 1 N–H and O–H groups in total. The molecule has 3 heteroatoms. The molecule has 1 saturated carbocycles. The van der Waals surface area contributed by atoms with E-state index in [0.717, 1.165) is 19.1 Å². The Balaban J connectivity index is 1.70. The van der Waals surface area contributed by atoms with Crippen LogP contribution in [0.5, 0.6) is 0 Å². The smallest absolute Gasteiger partial charge is 0.0933 e. The van der Waals surface area contributed by atoms with Crippen molar-refractivity contribution < 1.29 is 4.74 Å². The van der Waals surface area contributed by atoms with Crippen molar-refractivity contribution in [3.8, 4) is 0 Å². The van der Waals surface area contributed by atoms with Crippen LogP contribution in [-0.2, 0) is 4.74 Å². The number of thioether (sulfide) groups is 1. The number of hydrogen-bond acceptors (Lipinski definition) is 3. The van der Waals surface area contributed by atoms with E-state index in [4.69, 9.17) is 4.74 Å². The first kappa shape index (κ1) is 9.49. The summed E-state index contributed by atoms with van der Waals surface area (Å²) in [6.07, 6.45) is 5.55. The van der Waals surface area contributed by atoms with E-state index in [1.807, 2.05) is 0 Å². The quantitative estimate of drug-likeness (QED) is 0.753. The first-order chi connectivity index (χ1) is 6.89. The summed E-state index contributed by atoms with van der Waals surface area (Å²) in [5, 5.41) is 3.68. The third-order valence-electron chi connectivity index (χ3n) is 3.80. The lowest BCUT2D eigenvalue weighted by Crippen LogP contribution is -2.58. The number of rotatable bonds is 2. The highest BCUT2D eigenvalue weighted by atomic mass is 32.2. The highest BCUT2D eigenvalue weighted by molar-refractivity contribution is 7.99. The van der Waals surface area contributed by atoms with Crippen LogP contribution in [0.15, 0.2) is 0 Å². The second kappa shape index (κ2) is 3.69. The van der Waals surface area contributed by atoms with Gasteiger partial charge in [0.2, 0.25) is 0 Å². The third-order valence-corrected chi connectivity index (χ3v) is 4.98. The maximum Gasteiger partial charge on any atom is 0.0933 e. The van der Waals surface area contributed by atoms with Gasteiger partial charge in [0.25, 0.3) is 0 Å². The maximum absolute atomic E-state index is 6.08. The monoisotopic (exact) mass is 213 g/mol. The van der Waals surface area contributed by atoms with Crippen molar-refractivity contribution in [2.45, 2.75) is 37.3 Å². The van der Waals surface area contributed by atoms with Crippen molar-refractivity contribution in [1.82, 2.24) is 5.32 Å². The second-order valence-electron chi connectivity index (χ2n) is 4.90. The summed E-state index contributed by atoms with van der Waals surface area (Å²) in [5.41, 5.74) is 0.214. The Morgan fingerprint density at radius 1 is 1.43 bits per heavy atom. The first-order valence-corrected chi connectivity index (χ1v) is 7.00. The molecule has 2 atom stereocenters. The van der Waals surface area contributed by atoms with Gasteiger partial charge in [-0.05, 0) is 24.5 Å². The Kier molecular flexibility index (Phi) is 2.50. The molecule has 0 aromatic heterocycles. The van der Waals surface area contributed by atoms with Crippen LogP contribution in [0.4, 0.5) is 0 Å². The van der Waals surface area contributed by atoms with Crippen molar-refractivity contribution in [2.75, 3.05) is 24.7 Å². The molecule has 3 aliphatic rings. The number of morpholine rings is 1. The molecule has 3 rings (SSSR count). The van der Waals surface area contributed by atoms with Crippen molar-refractivity contribution in [2.24, 2.45) is 5.92 Å². The van der Waals surface area contributed by atoms with Gasteiger partial charge in [-0.2, -0.15) is 11.8 Å². The lowest BCUT2D eigenvalue weighted by atomic mass is 9.88. The summed E-state index contributed by atoms with van der Waals surface area (Å²) < 4.78 is 6.08. The highest BCUT2D eigenvalue weighted by Crippen LogP contribution is 2.42. The van der Waals surface area contributed by atoms with Crippen molar-refractivity contribution in [3.63, 3.8) is 0 Å². The maximum atomic E-state index is 6.08. The number of ether oxygens (including phenoxy) is 1. The molecular formula is C11H19NOS. The summed E-state index contributed by atoms with van der Waals surface area (Å²) in [4.78, 5) is 0. The summed E-state index contributed by atoms with van der Waals surface area (Å²) in [6, 6.07) is 0.652. The molecule has 14 heavy (non-hydrogen) atoms. The van der Waals surface area contributed by atoms with Crippen LogP contribution >= 0.6 is 11.8 Å². The van der Waals surface area contributed by atoms with E-state index in [-0.39, 0.29) is 5.60 Å².